The van der Waals surface area contributed by atoms with E-state index in [2.05, 4.69) is 36.4 Å². The van der Waals surface area contributed by atoms with Crippen LogP contribution in [0.5, 0.6) is 0 Å². The van der Waals surface area contributed by atoms with E-state index in [1.807, 2.05) is 18.2 Å². The fourth-order valence-electron chi connectivity index (χ4n) is 3.05. The first-order chi connectivity index (χ1) is 9.86. The Hall–Kier alpha value is -1.77. The number of fused-ring (bicyclic) bond motifs is 1. The van der Waals surface area contributed by atoms with Gasteiger partial charge in [-0.15, -0.1) is 12.4 Å². The maximum Gasteiger partial charge on any atom is 0.135 e. The monoisotopic (exact) mass is 299 g/mol. The number of halogens is 1. The molecule has 2 N–H and O–H groups in total. The molecule has 2 aromatic carbocycles. The van der Waals surface area contributed by atoms with Gasteiger partial charge in [-0.3, -0.25) is 0 Å². The Morgan fingerprint density at radius 2 is 1.81 bits per heavy atom. The minimum absolute atomic E-state index is 0. The fourth-order valence-corrected chi connectivity index (χ4v) is 3.05. The van der Waals surface area contributed by atoms with Crippen molar-refractivity contribution in [1.29, 1.82) is 0 Å². The molecular formula is C18H18ClNO. The Morgan fingerprint density at radius 3 is 2.57 bits per heavy atom. The van der Waals surface area contributed by atoms with Gasteiger partial charge in [0, 0.05) is 10.9 Å². The molecule has 1 aliphatic rings. The average Bonchev–Trinajstić information content (AvgIpc) is 3.16. The molecule has 1 aliphatic carbocycles. The first-order valence-electron chi connectivity index (χ1n) is 7.15. The normalized spacial score (nSPS) is 20.2. The van der Waals surface area contributed by atoms with E-state index < -0.39 is 0 Å². The lowest BCUT2D eigenvalue weighted by molar-refractivity contribution is 0.630. The molecule has 108 valence electrons. The summed E-state index contributed by atoms with van der Waals surface area (Å²) in [5.74, 6) is 2.20. The summed E-state index contributed by atoms with van der Waals surface area (Å²) in [6, 6.07) is 18.8. The van der Waals surface area contributed by atoms with Crippen molar-refractivity contribution in [2.24, 2.45) is 11.7 Å². The number of hydrogen-bond acceptors (Lipinski definition) is 2. The summed E-state index contributed by atoms with van der Waals surface area (Å²) in [5.41, 5.74) is 9.33. The fraction of sp³-hybridized carbons (Fsp3) is 0.222. The highest BCUT2D eigenvalue weighted by Crippen LogP contribution is 2.49. The van der Waals surface area contributed by atoms with Crippen LogP contribution >= 0.6 is 12.4 Å². The van der Waals surface area contributed by atoms with Crippen LogP contribution in [-0.4, -0.2) is 6.54 Å². The highest BCUT2D eigenvalue weighted by molar-refractivity contribution is 5.85. The zero-order valence-corrected chi connectivity index (χ0v) is 12.5. The number of para-hydroxylation sites is 1. The summed E-state index contributed by atoms with van der Waals surface area (Å²) in [6.07, 6.45) is 1.20. The van der Waals surface area contributed by atoms with Crippen molar-refractivity contribution in [3.63, 3.8) is 0 Å². The van der Waals surface area contributed by atoms with Gasteiger partial charge in [0.15, 0.2) is 0 Å². The van der Waals surface area contributed by atoms with Crippen molar-refractivity contribution in [3.05, 3.63) is 60.2 Å². The molecule has 1 fully saturated rings. The number of benzene rings is 2. The number of rotatable bonds is 3. The summed E-state index contributed by atoms with van der Waals surface area (Å²) >= 11 is 0. The van der Waals surface area contributed by atoms with Crippen molar-refractivity contribution in [2.75, 3.05) is 6.54 Å². The van der Waals surface area contributed by atoms with Gasteiger partial charge in [-0.2, -0.15) is 0 Å². The van der Waals surface area contributed by atoms with Gasteiger partial charge >= 0.3 is 0 Å². The van der Waals surface area contributed by atoms with E-state index in [0.29, 0.717) is 11.8 Å². The van der Waals surface area contributed by atoms with Crippen LogP contribution in [-0.2, 0) is 0 Å². The highest BCUT2D eigenvalue weighted by atomic mass is 35.5. The first-order valence-corrected chi connectivity index (χ1v) is 7.15. The minimum Gasteiger partial charge on any atom is -0.456 e. The van der Waals surface area contributed by atoms with Gasteiger partial charge in [0.25, 0.3) is 0 Å². The lowest BCUT2D eigenvalue weighted by Crippen LogP contribution is -2.02. The van der Waals surface area contributed by atoms with E-state index in [1.54, 1.807) is 0 Å². The number of furan rings is 1. The van der Waals surface area contributed by atoms with Gasteiger partial charge in [0.1, 0.15) is 11.3 Å². The largest absolute Gasteiger partial charge is 0.456 e. The second kappa shape index (κ2) is 5.55. The summed E-state index contributed by atoms with van der Waals surface area (Å²) in [6.45, 7) is 0.777. The van der Waals surface area contributed by atoms with E-state index in [1.165, 1.54) is 17.5 Å². The van der Waals surface area contributed by atoms with E-state index in [-0.39, 0.29) is 12.4 Å². The molecule has 0 unspecified atom stereocenters. The van der Waals surface area contributed by atoms with Crippen LogP contribution < -0.4 is 5.73 Å². The molecule has 1 heterocycles. The highest BCUT2D eigenvalue weighted by Gasteiger charge is 2.38. The van der Waals surface area contributed by atoms with Crippen LogP contribution in [0.25, 0.3) is 22.3 Å². The van der Waals surface area contributed by atoms with Crippen LogP contribution in [0.4, 0.5) is 0 Å². The standard InChI is InChI=1S/C18H17NO.ClH/c19-11-13-9-16(13)14-6-2-3-7-15(14)18-10-12-5-1-4-8-17(12)20-18;/h1-8,10,13,16H,9,11,19H2;1H/t13-,16+;/m0./s1. The van der Waals surface area contributed by atoms with Gasteiger partial charge in [-0.25, -0.2) is 0 Å². The molecule has 2 nitrogen and oxygen atoms in total. The number of hydrogen-bond donors (Lipinski definition) is 1. The van der Waals surface area contributed by atoms with Crippen molar-refractivity contribution >= 4 is 23.4 Å². The molecular weight excluding hydrogens is 282 g/mol. The third kappa shape index (κ3) is 2.45. The van der Waals surface area contributed by atoms with Crippen LogP contribution in [0, 0.1) is 5.92 Å². The average molecular weight is 300 g/mol. The molecule has 2 atom stereocenters. The van der Waals surface area contributed by atoms with Crippen molar-refractivity contribution in [2.45, 2.75) is 12.3 Å². The molecule has 0 radical (unpaired) electrons. The van der Waals surface area contributed by atoms with Gasteiger partial charge in [0.05, 0.1) is 0 Å². The molecule has 21 heavy (non-hydrogen) atoms. The van der Waals surface area contributed by atoms with E-state index in [9.17, 15) is 0 Å². The summed E-state index contributed by atoms with van der Waals surface area (Å²) in [4.78, 5) is 0. The molecule has 3 heteroatoms. The topological polar surface area (TPSA) is 39.2 Å². The van der Waals surface area contributed by atoms with E-state index in [0.717, 1.165) is 23.3 Å². The SMILES string of the molecule is Cl.NC[C@@H]1C[C@H]1c1ccccc1-c1cc2ccccc2o1. The minimum atomic E-state index is 0. The predicted molar refractivity (Wildman–Crippen MR) is 88.8 cm³/mol. The van der Waals surface area contributed by atoms with Crippen LogP contribution in [0.3, 0.4) is 0 Å². The number of nitrogens with two attached hydrogens (primary N) is 1. The van der Waals surface area contributed by atoms with Crippen molar-refractivity contribution < 1.29 is 4.42 Å². The Bertz CT molecular complexity index is 732. The van der Waals surface area contributed by atoms with Gasteiger partial charge in [-0.05, 0) is 42.5 Å². The van der Waals surface area contributed by atoms with Gasteiger partial charge in [0.2, 0.25) is 0 Å². The quantitative estimate of drug-likeness (QED) is 0.768. The third-order valence-electron chi connectivity index (χ3n) is 4.28. The molecule has 0 bridgehead atoms. The van der Waals surface area contributed by atoms with Crippen LogP contribution in [0.1, 0.15) is 17.9 Å². The van der Waals surface area contributed by atoms with Gasteiger partial charge < -0.3 is 10.2 Å². The summed E-state index contributed by atoms with van der Waals surface area (Å²) in [7, 11) is 0. The first kappa shape index (κ1) is 14.2. The van der Waals surface area contributed by atoms with Crippen molar-refractivity contribution in [1.82, 2.24) is 0 Å². The predicted octanol–water partition coefficient (Wildman–Crippen LogP) is 4.58. The summed E-state index contributed by atoms with van der Waals surface area (Å²) in [5, 5.41) is 1.16. The lowest BCUT2D eigenvalue weighted by atomic mass is 10.00. The maximum atomic E-state index is 6.01. The molecule has 0 spiro atoms. The molecule has 0 aliphatic heterocycles. The maximum absolute atomic E-state index is 6.01. The van der Waals surface area contributed by atoms with Gasteiger partial charge in [-0.1, -0.05) is 42.5 Å². The smallest absolute Gasteiger partial charge is 0.135 e. The molecule has 4 rings (SSSR count). The molecule has 0 saturated heterocycles. The Balaban J connectivity index is 0.00000132. The molecule has 1 aromatic heterocycles. The second-order valence-electron chi connectivity index (χ2n) is 5.57. The second-order valence-corrected chi connectivity index (χ2v) is 5.57. The third-order valence-corrected chi connectivity index (χ3v) is 4.28. The van der Waals surface area contributed by atoms with Crippen LogP contribution in [0.15, 0.2) is 59.0 Å². The molecule has 0 amide bonds. The lowest BCUT2D eigenvalue weighted by Gasteiger charge is -2.06. The molecule has 3 aromatic rings. The van der Waals surface area contributed by atoms with E-state index >= 15 is 0 Å². The Labute approximate surface area is 130 Å². The summed E-state index contributed by atoms with van der Waals surface area (Å²) < 4.78 is 6.01. The van der Waals surface area contributed by atoms with E-state index in [4.69, 9.17) is 10.2 Å². The molecule has 1 saturated carbocycles. The van der Waals surface area contributed by atoms with Crippen LogP contribution in [0.2, 0.25) is 0 Å². The van der Waals surface area contributed by atoms with Crippen molar-refractivity contribution in [3.8, 4) is 11.3 Å². The Kier molecular flexibility index (Phi) is 3.75. The zero-order chi connectivity index (χ0) is 13.5. The Morgan fingerprint density at radius 1 is 1.05 bits per heavy atom. The zero-order valence-electron chi connectivity index (χ0n) is 11.7.